The average Bonchev–Trinajstić information content (AvgIpc) is 3.82. The normalized spacial score (nSPS) is 14.4. The molecule has 0 N–H and O–H groups in total. The molecule has 0 saturated carbocycles. The van der Waals surface area contributed by atoms with Gasteiger partial charge < -0.3 is 4.90 Å². The van der Waals surface area contributed by atoms with Gasteiger partial charge in [-0.1, -0.05) is 182 Å². The van der Waals surface area contributed by atoms with Crippen molar-refractivity contribution < 1.29 is 0 Å². The number of rotatable bonds is 7. The molecule has 1 heterocycles. The maximum atomic E-state index is 2.48. The van der Waals surface area contributed by atoms with E-state index >= 15 is 0 Å². The highest BCUT2D eigenvalue weighted by molar-refractivity contribution is 7.26. The molecule has 1 atom stereocenters. The first kappa shape index (κ1) is 33.3. The lowest BCUT2D eigenvalue weighted by molar-refractivity contribution is 0.769. The highest BCUT2D eigenvalue weighted by Crippen LogP contribution is 2.58. The summed E-state index contributed by atoms with van der Waals surface area (Å²) < 4.78 is 2.57. The Bertz CT molecular complexity index is 3060. The SMILES string of the molecule is c1ccc(-c2ccc(N(c3ccc4c(c3)C(c3ccccc3)(c3cccc(-c5ccccc5)c3)c3ccccc3-4)c3cccc4c3sc3ccccc34)cc2)cc1. The molecule has 57 heavy (non-hydrogen) atoms. The zero-order valence-corrected chi connectivity index (χ0v) is 32.0. The van der Waals surface area contributed by atoms with Gasteiger partial charge in [0.15, 0.2) is 0 Å². The summed E-state index contributed by atoms with van der Waals surface area (Å²) in [5, 5.41) is 2.58. The first-order valence-corrected chi connectivity index (χ1v) is 20.4. The molecular formula is C55H37NS. The number of fused-ring (bicyclic) bond motifs is 6. The molecule has 0 spiro atoms. The predicted octanol–water partition coefficient (Wildman–Crippen LogP) is 15.2. The number of anilines is 3. The van der Waals surface area contributed by atoms with Gasteiger partial charge in [0.05, 0.1) is 15.8 Å². The standard InChI is InChI=1S/C55H37NS/c1-4-16-38(17-5-1)40-30-32-44(33-31-40)56(52-28-15-26-49-48-25-11-13-29-53(48)57-54(49)52)45-34-35-47-46-24-10-12-27-50(46)55(51(47)37-45,42-21-8-3-9-22-42)43-23-14-20-41(36-43)39-18-6-2-7-19-39/h1-37H. The average molecular weight is 744 g/mol. The van der Waals surface area contributed by atoms with Crippen LogP contribution in [0.2, 0.25) is 0 Å². The first-order chi connectivity index (χ1) is 28.3. The summed E-state index contributed by atoms with van der Waals surface area (Å²) in [6.07, 6.45) is 0. The first-order valence-electron chi connectivity index (χ1n) is 19.6. The van der Waals surface area contributed by atoms with Crippen molar-refractivity contribution in [2.45, 2.75) is 5.41 Å². The molecule has 1 aliphatic carbocycles. The Balaban J connectivity index is 1.18. The van der Waals surface area contributed by atoms with Crippen LogP contribution in [0.4, 0.5) is 17.1 Å². The zero-order valence-electron chi connectivity index (χ0n) is 31.2. The molecule has 0 radical (unpaired) electrons. The van der Waals surface area contributed by atoms with Crippen LogP contribution in [0.5, 0.6) is 0 Å². The van der Waals surface area contributed by atoms with E-state index in [-0.39, 0.29) is 0 Å². The number of hydrogen-bond donors (Lipinski definition) is 0. The van der Waals surface area contributed by atoms with E-state index in [0.717, 1.165) is 11.4 Å². The minimum absolute atomic E-state index is 0.555. The molecule has 1 aliphatic rings. The van der Waals surface area contributed by atoms with Crippen LogP contribution in [-0.2, 0) is 5.41 Å². The summed E-state index contributed by atoms with van der Waals surface area (Å²) in [7, 11) is 0. The Morgan fingerprint density at radius 3 is 1.70 bits per heavy atom. The number of nitrogens with zero attached hydrogens (tertiary/aromatic N) is 1. The Labute approximate surface area is 337 Å². The third kappa shape index (κ3) is 5.37. The van der Waals surface area contributed by atoms with E-state index < -0.39 is 5.41 Å². The maximum Gasteiger partial charge on any atom is 0.0714 e. The molecule has 268 valence electrons. The lowest BCUT2D eigenvalue weighted by Gasteiger charge is -2.35. The Hall–Kier alpha value is -7.00. The van der Waals surface area contributed by atoms with E-state index in [1.54, 1.807) is 0 Å². The third-order valence-electron chi connectivity index (χ3n) is 11.8. The van der Waals surface area contributed by atoms with Gasteiger partial charge in [0.2, 0.25) is 0 Å². The van der Waals surface area contributed by atoms with Gasteiger partial charge in [-0.3, -0.25) is 0 Å². The van der Waals surface area contributed by atoms with Crippen molar-refractivity contribution >= 4 is 48.6 Å². The molecule has 0 aliphatic heterocycles. The van der Waals surface area contributed by atoms with Crippen LogP contribution in [-0.4, -0.2) is 0 Å². The summed E-state index contributed by atoms with van der Waals surface area (Å²) >= 11 is 1.87. The van der Waals surface area contributed by atoms with Gasteiger partial charge >= 0.3 is 0 Å². The third-order valence-corrected chi connectivity index (χ3v) is 13.0. The molecule has 10 aromatic rings. The Morgan fingerprint density at radius 1 is 0.351 bits per heavy atom. The lowest BCUT2D eigenvalue weighted by atomic mass is 9.67. The minimum atomic E-state index is -0.555. The van der Waals surface area contributed by atoms with Crippen LogP contribution in [0, 0.1) is 0 Å². The van der Waals surface area contributed by atoms with Crippen molar-refractivity contribution in [3.05, 3.63) is 247 Å². The van der Waals surface area contributed by atoms with E-state index in [0.29, 0.717) is 0 Å². The van der Waals surface area contributed by atoms with Gasteiger partial charge in [0, 0.05) is 26.8 Å². The monoisotopic (exact) mass is 743 g/mol. The maximum absolute atomic E-state index is 2.48. The van der Waals surface area contributed by atoms with Gasteiger partial charge in [0.1, 0.15) is 0 Å². The molecule has 9 aromatic carbocycles. The fraction of sp³-hybridized carbons (Fsp3) is 0.0182. The van der Waals surface area contributed by atoms with Crippen molar-refractivity contribution in [1.82, 2.24) is 0 Å². The molecule has 1 aromatic heterocycles. The fourth-order valence-electron chi connectivity index (χ4n) is 9.22. The van der Waals surface area contributed by atoms with Crippen LogP contribution in [0.15, 0.2) is 224 Å². The fourth-order valence-corrected chi connectivity index (χ4v) is 10.4. The molecule has 1 unspecified atom stereocenters. The van der Waals surface area contributed by atoms with Crippen LogP contribution >= 0.6 is 11.3 Å². The van der Waals surface area contributed by atoms with Crippen molar-refractivity contribution in [2.75, 3.05) is 4.90 Å². The van der Waals surface area contributed by atoms with Crippen LogP contribution < -0.4 is 4.90 Å². The van der Waals surface area contributed by atoms with Gasteiger partial charge in [0.25, 0.3) is 0 Å². The zero-order chi connectivity index (χ0) is 37.8. The second-order valence-electron chi connectivity index (χ2n) is 14.8. The molecule has 1 nitrogen and oxygen atoms in total. The lowest BCUT2D eigenvalue weighted by Crippen LogP contribution is -2.29. The summed E-state index contributed by atoms with van der Waals surface area (Å²) in [5.41, 5.74) is 15.3. The highest BCUT2D eigenvalue weighted by atomic mass is 32.1. The van der Waals surface area contributed by atoms with Crippen LogP contribution in [0.1, 0.15) is 22.3 Å². The van der Waals surface area contributed by atoms with E-state index in [9.17, 15) is 0 Å². The van der Waals surface area contributed by atoms with E-state index in [4.69, 9.17) is 0 Å². The summed E-state index contributed by atoms with van der Waals surface area (Å²) in [6, 6.07) is 82.6. The topological polar surface area (TPSA) is 3.24 Å². The molecule has 0 fully saturated rings. The molecule has 2 heteroatoms. The van der Waals surface area contributed by atoms with Crippen molar-refractivity contribution in [3.63, 3.8) is 0 Å². The second-order valence-corrected chi connectivity index (χ2v) is 15.9. The number of benzene rings is 9. The van der Waals surface area contributed by atoms with Gasteiger partial charge in [-0.25, -0.2) is 0 Å². The largest absolute Gasteiger partial charge is 0.309 e. The van der Waals surface area contributed by atoms with E-state index in [1.807, 2.05) is 11.3 Å². The summed E-state index contributed by atoms with van der Waals surface area (Å²) in [5.74, 6) is 0. The number of hydrogen-bond acceptors (Lipinski definition) is 2. The van der Waals surface area contributed by atoms with E-state index in [1.165, 1.54) is 81.5 Å². The molecule has 11 rings (SSSR count). The van der Waals surface area contributed by atoms with Gasteiger partial charge in [-0.15, -0.1) is 11.3 Å². The van der Waals surface area contributed by atoms with Crippen LogP contribution in [0.25, 0.3) is 53.6 Å². The summed E-state index contributed by atoms with van der Waals surface area (Å²) in [4.78, 5) is 2.48. The van der Waals surface area contributed by atoms with Crippen LogP contribution in [0.3, 0.4) is 0 Å². The van der Waals surface area contributed by atoms with E-state index in [2.05, 4.69) is 229 Å². The molecular weight excluding hydrogens is 707 g/mol. The second kappa shape index (κ2) is 13.6. The minimum Gasteiger partial charge on any atom is -0.309 e. The Morgan fingerprint density at radius 2 is 0.912 bits per heavy atom. The Kier molecular flexibility index (Phi) is 7.98. The molecule has 0 bridgehead atoms. The number of thiophene rings is 1. The quantitative estimate of drug-likeness (QED) is 0.157. The van der Waals surface area contributed by atoms with Crippen molar-refractivity contribution in [2.24, 2.45) is 0 Å². The highest BCUT2D eigenvalue weighted by Gasteiger charge is 2.46. The predicted molar refractivity (Wildman–Crippen MR) is 242 cm³/mol. The molecule has 0 saturated heterocycles. The molecule has 0 amide bonds. The van der Waals surface area contributed by atoms with Crippen molar-refractivity contribution in [1.29, 1.82) is 0 Å². The van der Waals surface area contributed by atoms with Gasteiger partial charge in [-0.05, 0) is 98.1 Å². The van der Waals surface area contributed by atoms with Crippen molar-refractivity contribution in [3.8, 4) is 33.4 Å². The smallest absolute Gasteiger partial charge is 0.0714 e. The van der Waals surface area contributed by atoms with Gasteiger partial charge in [-0.2, -0.15) is 0 Å². The summed E-state index contributed by atoms with van der Waals surface area (Å²) in [6.45, 7) is 0.